The Bertz CT molecular complexity index is 569. The van der Waals surface area contributed by atoms with Gasteiger partial charge in [-0.3, -0.25) is 0 Å². The number of likely N-dealkylation sites (N-methyl/N-ethyl adjacent to an activating group) is 1. The molecule has 0 aliphatic carbocycles. The molecule has 0 fully saturated rings. The van der Waals surface area contributed by atoms with Crippen molar-refractivity contribution < 1.29 is 0 Å². The van der Waals surface area contributed by atoms with E-state index in [0.717, 1.165) is 13.0 Å². The van der Waals surface area contributed by atoms with Gasteiger partial charge in [0.1, 0.15) is 0 Å². The number of hydrogen-bond acceptors (Lipinski definition) is 1. The van der Waals surface area contributed by atoms with Crippen LogP contribution in [0.3, 0.4) is 0 Å². The summed E-state index contributed by atoms with van der Waals surface area (Å²) in [6, 6.07) is 16.9. The number of nitrogens with one attached hydrogen (secondary N) is 1. The van der Waals surface area contributed by atoms with Crippen LogP contribution in [0.1, 0.15) is 30.9 Å². The summed E-state index contributed by atoms with van der Waals surface area (Å²) in [6.07, 6.45) is 0.931. The minimum atomic E-state index is 0.370. The van der Waals surface area contributed by atoms with Crippen LogP contribution >= 0.6 is 23.2 Å². The normalized spacial score (nSPS) is 13.9. The van der Waals surface area contributed by atoms with E-state index in [1.54, 1.807) is 0 Å². The minimum Gasteiger partial charge on any atom is -0.313 e. The van der Waals surface area contributed by atoms with Crippen LogP contribution in [0.5, 0.6) is 0 Å². The molecule has 0 aliphatic heterocycles. The van der Waals surface area contributed by atoms with E-state index in [2.05, 4.69) is 55.6 Å². The smallest absolute Gasteiger partial charge is 0.0595 e. The molecule has 3 heteroatoms. The van der Waals surface area contributed by atoms with Crippen LogP contribution in [0.25, 0.3) is 0 Å². The fourth-order valence-electron chi connectivity index (χ4n) is 2.60. The summed E-state index contributed by atoms with van der Waals surface area (Å²) < 4.78 is 0. The van der Waals surface area contributed by atoms with Crippen LogP contribution < -0.4 is 5.32 Å². The maximum atomic E-state index is 6.12. The Labute approximate surface area is 137 Å². The lowest BCUT2D eigenvalue weighted by molar-refractivity contribution is 0.458. The van der Waals surface area contributed by atoms with Crippen molar-refractivity contribution in [1.82, 2.24) is 5.32 Å². The molecule has 2 unspecified atom stereocenters. The zero-order valence-electron chi connectivity index (χ0n) is 12.4. The fourth-order valence-corrected chi connectivity index (χ4v) is 2.92. The van der Waals surface area contributed by atoms with Gasteiger partial charge < -0.3 is 5.32 Å². The number of rotatable bonds is 6. The average Bonchev–Trinajstić information content (AvgIpc) is 2.50. The summed E-state index contributed by atoms with van der Waals surface area (Å²) in [5.74, 6) is 0.431. The van der Waals surface area contributed by atoms with Gasteiger partial charge in [0.15, 0.2) is 0 Å². The zero-order chi connectivity index (χ0) is 15.2. The van der Waals surface area contributed by atoms with E-state index in [1.165, 1.54) is 11.1 Å². The maximum absolute atomic E-state index is 6.12. The maximum Gasteiger partial charge on any atom is 0.0595 e. The van der Waals surface area contributed by atoms with Crippen molar-refractivity contribution >= 4 is 23.2 Å². The number of benzene rings is 2. The number of halogens is 2. The lowest BCUT2D eigenvalue weighted by Gasteiger charge is -2.25. The van der Waals surface area contributed by atoms with Gasteiger partial charge >= 0.3 is 0 Å². The molecule has 2 rings (SSSR count). The molecule has 1 nitrogen and oxygen atoms in total. The molecule has 0 spiro atoms. The van der Waals surface area contributed by atoms with Gasteiger partial charge in [0, 0.05) is 6.04 Å². The first kappa shape index (κ1) is 16.4. The molecular weight excluding hydrogens is 301 g/mol. The second kappa shape index (κ2) is 7.84. The van der Waals surface area contributed by atoms with Gasteiger partial charge in [-0.15, -0.1) is 0 Å². The molecule has 0 bridgehead atoms. The fraction of sp³-hybridized carbons (Fsp3) is 0.333. The Hall–Kier alpha value is -1.02. The Morgan fingerprint density at radius 1 is 1.00 bits per heavy atom. The average molecular weight is 322 g/mol. The van der Waals surface area contributed by atoms with Crippen molar-refractivity contribution in [3.05, 3.63) is 69.7 Å². The van der Waals surface area contributed by atoms with Gasteiger partial charge in [0.05, 0.1) is 10.0 Å². The lowest BCUT2D eigenvalue weighted by Crippen LogP contribution is -2.35. The Morgan fingerprint density at radius 3 is 2.33 bits per heavy atom. The second-order valence-electron chi connectivity index (χ2n) is 5.32. The highest BCUT2D eigenvalue weighted by Crippen LogP contribution is 2.26. The van der Waals surface area contributed by atoms with Crippen molar-refractivity contribution in [1.29, 1.82) is 0 Å². The largest absolute Gasteiger partial charge is 0.313 e. The van der Waals surface area contributed by atoms with E-state index < -0.39 is 0 Å². The highest BCUT2D eigenvalue weighted by atomic mass is 35.5. The molecule has 21 heavy (non-hydrogen) atoms. The molecule has 0 heterocycles. The van der Waals surface area contributed by atoms with Crippen molar-refractivity contribution in [3.8, 4) is 0 Å². The van der Waals surface area contributed by atoms with Crippen molar-refractivity contribution in [2.45, 2.75) is 32.2 Å². The van der Waals surface area contributed by atoms with Crippen LogP contribution in [0.4, 0.5) is 0 Å². The Kier molecular flexibility index (Phi) is 6.10. The van der Waals surface area contributed by atoms with E-state index in [1.807, 2.05) is 12.1 Å². The highest BCUT2D eigenvalue weighted by Gasteiger charge is 2.18. The van der Waals surface area contributed by atoms with E-state index in [4.69, 9.17) is 23.2 Å². The van der Waals surface area contributed by atoms with E-state index >= 15 is 0 Å². The molecule has 2 aromatic carbocycles. The lowest BCUT2D eigenvalue weighted by atomic mass is 9.89. The highest BCUT2D eigenvalue weighted by molar-refractivity contribution is 6.42. The molecule has 0 saturated heterocycles. The quantitative estimate of drug-likeness (QED) is 0.759. The van der Waals surface area contributed by atoms with Crippen LogP contribution in [-0.2, 0) is 6.42 Å². The van der Waals surface area contributed by atoms with Gasteiger partial charge in [-0.25, -0.2) is 0 Å². The van der Waals surface area contributed by atoms with E-state index in [0.29, 0.717) is 22.0 Å². The van der Waals surface area contributed by atoms with Crippen molar-refractivity contribution in [3.63, 3.8) is 0 Å². The standard InChI is InChI=1S/C18H21Cl2N/c1-3-21-18(13(2)15-7-5-4-6-8-15)12-14-9-10-16(19)17(20)11-14/h4-11,13,18,21H,3,12H2,1-2H3. The molecule has 1 N–H and O–H groups in total. The predicted octanol–water partition coefficient (Wildman–Crippen LogP) is 5.32. The first-order chi connectivity index (χ1) is 10.1. The Balaban J connectivity index is 2.16. The molecule has 0 aromatic heterocycles. The molecule has 2 atom stereocenters. The minimum absolute atomic E-state index is 0.370. The van der Waals surface area contributed by atoms with Crippen LogP contribution in [-0.4, -0.2) is 12.6 Å². The summed E-state index contributed by atoms with van der Waals surface area (Å²) in [5.41, 5.74) is 2.56. The predicted molar refractivity (Wildman–Crippen MR) is 92.5 cm³/mol. The van der Waals surface area contributed by atoms with Crippen LogP contribution in [0.15, 0.2) is 48.5 Å². The molecule has 112 valence electrons. The van der Waals surface area contributed by atoms with Crippen molar-refractivity contribution in [2.75, 3.05) is 6.54 Å². The van der Waals surface area contributed by atoms with E-state index in [-0.39, 0.29) is 0 Å². The zero-order valence-corrected chi connectivity index (χ0v) is 14.0. The molecule has 0 radical (unpaired) electrons. The summed E-state index contributed by atoms with van der Waals surface area (Å²) in [7, 11) is 0. The molecule has 0 aliphatic rings. The number of hydrogen-bond donors (Lipinski definition) is 1. The third-order valence-electron chi connectivity index (χ3n) is 3.83. The van der Waals surface area contributed by atoms with Gasteiger partial charge in [0.2, 0.25) is 0 Å². The van der Waals surface area contributed by atoms with E-state index in [9.17, 15) is 0 Å². The first-order valence-electron chi connectivity index (χ1n) is 7.34. The molecular formula is C18H21Cl2N. The topological polar surface area (TPSA) is 12.0 Å². The van der Waals surface area contributed by atoms with Gasteiger partial charge in [0.25, 0.3) is 0 Å². The summed E-state index contributed by atoms with van der Waals surface area (Å²) in [4.78, 5) is 0. The SMILES string of the molecule is CCNC(Cc1ccc(Cl)c(Cl)c1)C(C)c1ccccc1. The Morgan fingerprint density at radius 2 is 1.71 bits per heavy atom. The summed E-state index contributed by atoms with van der Waals surface area (Å²) in [6.45, 7) is 5.35. The molecule has 0 saturated carbocycles. The van der Waals surface area contributed by atoms with Gasteiger partial charge in [-0.05, 0) is 42.1 Å². The first-order valence-corrected chi connectivity index (χ1v) is 8.09. The molecule has 2 aromatic rings. The van der Waals surface area contributed by atoms with Crippen molar-refractivity contribution in [2.24, 2.45) is 0 Å². The van der Waals surface area contributed by atoms with Gasteiger partial charge in [-0.2, -0.15) is 0 Å². The monoisotopic (exact) mass is 321 g/mol. The molecule has 0 amide bonds. The summed E-state index contributed by atoms with van der Waals surface area (Å²) in [5, 5.41) is 4.82. The summed E-state index contributed by atoms with van der Waals surface area (Å²) >= 11 is 12.1. The van der Waals surface area contributed by atoms with Crippen LogP contribution in [0, 0.1) is 0 Å². The van der Waals surface area contributed by atoms with Gasteiger partial charge in [-0.1, -0.05) is 73.4 Å². The third kappa shape index (κ3) is 4.47. The third-order valence-corrected chi connectivity index (χ3v) is 4.57. The van der Waals surface area contributed by atoms with Crippen LogP contribution in [0.2, 0.25) is 10.0 Å². The second-order valence-corrected chi connectivity index (χ2v) is 6.13.